The number of hydrogen-bond acceptors (Lipinski definition) is 0. The van der Waals surface area contributed by atoms with Crippen molar-refractivity contribution in [1.29, 1.82) is 0 Å². The highest BCUT2D eigenvalue weighted by Gasteiger charge is 2.13. The number of rotatable bonds is 2. The van der Waals surface area contributed by atoms with Gasteiger partial charge in [0.1, 0.15) is 5.82 Å². The molecule has 0 aliphatic heterocycles. The molecule has 3 aromatic carbocycles. The van der Waals surface area contributed by atoms with Crippen molar-refractivity contribution in [2.45, 2.75) is 6.92 Å². The van der Waals surface area contributed by atoms with Crippen LogP contribution in [0.4, 0.5) is 4.39 Å². The summed E-state index contributed by atoms with van der Waals surface area (Å²) in [5, 5.41) is 0. The molecule has 0 nitrogen and oxygen atoms in total. The van der Waals surface area contributed by atoms with Gasteiger partial charge in [0.25, 0.3) is 0 Å². The van der Waals surface area contributed by atoms with Crippen LogP contribution in [0.2, 0.25) is 0 Å². The second-order valence-corrected chi connectivity index (χ2v) is 4.85. The Morgan fingerprint density at radius 2 is 1.20 bits per heavy atom. The van der Waals surface area contributed by atoms with Crippen LogP contribution in [0.1, 0.15) is 5.56 Å². The first-order valence-electron chi connectivity index (χ1n) is 6.67. The van der Waals surface area contributed by atoms with Gasteiger partial charge in [0.15, 0.2) is 0 Å². The third-order valence-electron chi connectivity index (χ3n) is 3.50. The van der Waals surface area contributed by atoms with Gasteiger partial charge < -0.3 is 0 Å². The van der Waals surface area contributed by atoms with Crippen LogP contribution in [-0.4, -0.2) is 0 Å². The van der Waals surface area contributed by atoms with E-state index in [-0.39, 0.29) is 5.82 Å². The summed E-state index contributed by atoms with van der Waals surface area (Å²) in [5.74, 6) is -0.151. The van der Waals surface area contributed by atoms with Gasteiger partial charge in [-0.25, -0.2) is 4.39 Å². The average Bonchev–Trinajstić information content (AvgIpc) is 2.49. The lowest BCUT2D eigenvalue weighted by Crippen LogP contribution is -1.93. The molecule has 0 unspecified atom stereocenters. The molecule has 0 aliphatic rings. The van der Waals surface area contributed by atoms with E-state index in [1.807, 2.05) is 79.7 Å². The topological polar surface area (TPSA) is 0 Å². The monoisotopic (exact) mass is 262 g/mol. The Morgan fingerprint density at radius 1 is 0.650 bits per heavy atom. The number of aryl methyl sites for hydroxylation is 1. The Balaban J connectivity index is 2.22. The minimum absolute atomic E-state index is 0.151. The summed E-state index contributed by atoms with van der Waals surface area (Å²) in [6.45, 7) is 1.94. The van der Waals surface area contributed by atoms with Crippen LogP contribution in [0.25, 0.3) is 22.3 Å². The lowest BCUT2D eigenvalue weighted by Gasteiger charge is -2.12. The molecule has 1 heteroatoms. The molecule has 0 aliphatic carbocycles. The zero-order chi connectivity index (χ0) is 13.9. The van der Waals surface area contributed by atoms with Crippen LogP contribution in [-0.2, 0) is 0 Å². The van der Waals surface area contributed by atoms with E-state index < -0.39 is 0 Å². The molecule has 3 aromatic rings. The summed E-state index contributed by atoms with van der Waals surface area (Å²) in [7, 11) is 0. The lowest BCUT2D eigenvalue weighted by molar-refractivity contribution is 0.634. The molecule has 0 atom stereocenters. The predicted molar refractivity (Wildman–Crippen MR) is 82.0 cm³/mol. The van der Waals surface area contributed by atoms with Crippen molar-refractivity contribution in [1.82, 2.24) is 0 Å². The zero-order valence-corrected chi connectivity index (χ0v) is 11.3. The van der Waals surface area contributed by atoms with E-state index in [4.69, 9.17) is 0 Å². The first-order chi connectivity index (χ1) is 9.77. The maximum atomic E-state index is 14.9. The van der Waals surface area contributed by atoms with Gasteiger partial charge in [-0.1, -0.05) is 72.8 Å². The van der Waals surface area contributed by atoms with Crippen molar-refractivity contribution in [3.05, 3.63) is 84.2 Å². The van der Waals surface area contributed by atoms with Crippen molar-refractivity contribution in [3.8, 4) is 22.3 Å². The summed E-state index contributed by atoms with van der Waals surface area (Å²) < 4.78 is 14.9. The van der Waals surface area contributed by atoms with Crippen molar-refractivity contribution >= 4 is 0 Å². The fraction of sp³-hybridized carbons (Fsp3) is 0.0526. The van der Waals surface area contributed by atoms with Gasteiger partial charge in [-0.05, 0) is 23.6 Å². The Labute approximate surface area is 118 Å². The second-order valence-electron chi connectivity index (χ2n) is 4.85. The highest BCUT2D eigenvalue weighted by atomic mass is 19.1. The molecule has 0 N–H and O–H groups in total. The molecule has 0 amide bonds. The van der Waals surface area contributed by atoms with Gasteiger partial charge in [-0.3, -0.25) is 0 Å². The van der Waals surface area contributed by atoms with E-state index in [1.165, 1.54) is 0 Å². The Bertz CT molecular complexity index is 716. The van der Waals surface area contributed by atoms with Gasteiger partial charge in [-0.15, -0.1) is 0 Å². The summed E-state index contributed by atoms with van der Waals surface area (Å²) in [6, 6.07) is 23.2. The van der Waals surface area contributed by atoms with E-state index in [0.29, 0.717) is 11.1 Å². The van der Waals surface area contributed by atoms with Crippen LogP contribution in [0.15, 0.2) is 72.8 Å². The van der Waals surface area contributed by atoms with Crippen LogP contribution < -0.4 is 0 Å². The smallest absolute Gasteiger partial charge is 0.139 e. The Kier molecular flexibility index (Phi) is 3.34. The third kappa shape index (κ3) is 2.23. The van der Waals surface area contributed by atoms with Crippen molar-refractivity contribution < 1.29 is 4.39 Å². The molecular weight excluding hydrogens is 247 g/mol. The highest BCUT2D eigenvalue weighted by molar-refractivity contribution is 5.76. The van der Waals surface area contributed by atoms with Gasteiger partial charge in [0, 0.05) is 11.1 Å². The van der Waals surface area contributed by atoms with Crippen LogP contribution in [0.5, 0.6) is 0 Å². The van der Waals surface area contributed by atoms with Crippen molar-refractivity contribution in [3.63, 3.8) is 0 Å². The minimum Gasteiger partial charge on any atom is -0.206 e. The zero-order valence-electron chi connectivity index (χ0n) is 11.3. The summed E-state index contributed by atoms with van der Waals surface area (Å²) in [6.07, 6.45) is 0. The average molecular weight is 262 g/mol. The van der Waals surface area contributed by atoms with Gasteiger partial charge in [0.05, 0.1) is 0 Å². The quantitative estimate of drug-likeness (QED) is 0.574. The highest BCUT2D eigenvalue weighted by Crippen LogP contribution is 2.33. The number of halogens is 1. The number of hydrogen-bond donors (Lipinski definition) is 0. The molecule has 20 heavy (non-hydrogen) atoms. The maximum Gasteiger partial charge on any atom is 0.139 e. The van der Waals surface area contributed by atoms with Gasteiger partial charge in [-0.2, -0.15) is 0 Å². The number of benzene rings is 3. The van der Waals surface area contributed by atoms with E-state index in [0.717, 1.165) is 16.7 Å². The fourth-order valence-corrected chi connectivity index (χ4v) is 2.47. The summed E-state index contributed by atoms with van der Waals surface area (Å²) >= 11 is 0. The maximum absolute atomic E-state index is 14.9. The predicted octanol–water partition coefficient (Wildman–Crippen LogP) is 5.47. The lowest BCUT2D eigenvalue weighted by atomic mass is 9.94. The first-order valence-corrected chi connectivity index (χ1v) is 6.67. The Morgan fingerprint density at radius 3 is 1.80 bits per heavy atom. The van der Waals surface area contributed by atoms with Crippen LogP contribution in [0.3, 0.4) is 0 Å². The molecule has 0 heterocycles. The van der Waals surface area contributed by atoms with E-state index in [9.17, 15) is 4.39 Å². The summed E-state index contributed by atoms with van der Waals surface area (Å²) in [5.41, 5.74) is 4.11. The normalized spacial score (nSPS) is 10.5. The molecule has 3 rings (SSSR count). The molecule has 0 saturated carbocycles. The molecular formula is C19H15F. The first kappa shape index (κ1) is 12.6. The molecule has 0 bridgehead atoms. The molecule has 0 saturated heterocycles. The van der Waals surface area contributed by atoms with E-state index in [1.54, 1.807) is 0 Å². The minimum atomic E-state index is -0.151. The van der Waals surface area contributed by atoms with Gasteiger partial charge >= 0.3 is 0 Å². The SMILES string of the molecule is Cc1ccc(-c2ccccc2)c(F)c1-c1ccccc1. The Hall–Kier alpha value is -2.41. The van der Waals surface area contributed by atoms with Crippen LogP contribution >= 0.6 is 0 Å². The summed E-state index contributed by atoms with van der Waals surface area (Å²) in [4.78, 5) is 0. The standard InChI is InChI=1S/C19H15F/c1-14-12-13-17(15-8-4-2-5-9-15)19(20)18(14)16-10-6-3-7-11-16/h2-13H,1H3. The molecule has 0 aromatic heterocycles. The molecule has 0 fully saturated rings. The molecule has 98 valence electrons. The molecule has 0 spiro atoms. The van der Waals surface area contributed by atoms with Gasteiger partial charge in [0.2, 0.25) is 0 Å². The van der Waals surface area contributed by atoms with Crippen molar-refractivity contribution in [2.75, 3.05) is 0 Å². The van der Waals surface area contributed by atoms with E-state index >= 15 is 0 Å². The van der Waals surface area contributed by atoms with E-state index in [2.05, 4.69) is 0 Å². The fourth-order valence-electron chi connectivity index (χ4n) is 2.47. The van der Waals surface area contributed by atoms with Crippen molar-refractivity contribution in [2.24, 2.45) is 0 Å². The third-order valence-corrected chi connectivity index (χ3v) is 3.50. The largest absolute Gasteiger partial charge is 0.206 e. The second kappa shape index (κ2) is 5.30. The van der Waals surface area contributed by atoms with Crippen LogP contribution in [0, 0.1) is 12.7 Å². The molecule has 0 radical (unpaired) electrons.